The predicted octanol–water partition coefficient (Wildman–Crippen LogP) is 0.677. The summed E-state index contributed by atoms with van der Waals surface area (Å²) >= 11 is 0. The first-order chi connectivity index (χ1) is 7.75. The van der Waals surface area contributed by atoms with Crippen molar-refractivity contribution in [2.75, 3.05) is 12.3 Å². The molecule has 1 aromatic rings. The zero-order chi connectivity index (χ0) is 11.1. The second kappa shape index (κ2) is 3.50. The molecule has 3 N–H and O–H groups in total. The molecule has 2 heterocycles. The third-order valence-corrected chi connectivity index (χ3v) is 3.73. The Balaban J connectivity index is 1.76. The van der Waals surface area contributed by atoms with Crippen LogP contribution in [0.1, 0.15) is 30.5 Å². The number of fused-ring (bicyclic) bond motifs is 1. The van der Waals surface area contributed by atoms with Gasteiger partial charge in [-0.1, -0.05) is 6.42 Å². The number of nitrogen functional groups attached to an aromatic ring is 1. The van der Waals surface area contributed by atoms with E-state index in [1.54, 1.807) is 0 Å². The molecule has 0 atom stereocenters. The number of carbonyl (C=O) groups excluding carboxylic acids is 1. The van der Waals surface area contributed by atoms with E-state index in [1.165, 1.54) is 6.42 Å². The Morgan fingerprint density at radius 2 is 2.31 bits per heavy atom. The molecule has 86 valence electrons. The van der Waals surface area contributed by atoms with Gasteiger partial charge in [0.05, 0.1) is 6.54 Å². The Bertz CT molecular complexity index is 422. The molecule has 1 amide bonds. The third-order valence-electron chi connectivity index (χ3n) is 3.73. The van der Waals surface area contributed by atoms with E-state index < -0.39 is 0 Å². The molecule has 0 spiro atoms. The van der Waals surface area contributed by atoms with Crippen LogP contribution in [-0.4, -0.2) is 27.5 Å². The van der Waals surface area contributed by atoms with Crippen LogP contribution in [0.15, 0.2) is 0 Å². The van der Waals surface area contributed by atoms with Crippen molar-refractivity contribution in [1.29, 1.82) is 0 Å². The molecular formula is C11H16N4O. The van der Waals surface area contributed by atoms with Gasteiger partial charge in [0, 0.05) is 30.1 Å². The van der Waals surface area contributed by atoms with Crippen molar-refractivity contribution in [2.45, 2.75) is 32.2 Å². The maximum Gasteiger partial charge on any atom is 0.225 e. The van der Waals surface area contributed by atoms with Gasteiger partial charge in [-0.05, 0) is 12.8 Å². The molecule has 0 bridgehead atoms. The van der Waals surface area contributed by atoms with Crippen molar-refractivity contribution in [3.05, 3.63) is 11.3 Å². The summed E-state index contributed by atoms with van der Waals surface area (Å²) in [7, 11) is 0. The second-order valence-corrected chi connectivity index (χ2v) is 4.70. The molecular weight excluding hydrogens is 204 g/mol. The van der Waals surface area contributed by atoms with E-state index in [2.05, 4.69) is 10.2 Å². The highest BCUT2D eigenvalue weighted by atomic mass is 16.2. The summed E-state index contributed by atoms with van der Waals surface area (Å²) in [5.74, 6) is 1.12. The summed E-state index contributed by atoms with van der Waals surface area (Å²) in [6, 6.07) is 0. The van der Waals surface area contributed by atoms with Crippen molar-refractivity contribution in [1.82, 2.24) is 15.1 Å². The zero-order valence-corrected chi connectivity index (χ0v) is 9.20. The SMILES string of the molecule is Nc1n[nH]c2c1CN(C(=O)C1CCC1)CC2. The van der Waals surface area contributed by atoms with Gasteiger partial charge in [-0.2, -0.15) is 5.10 Å². The van der Waals surface area contributed by atoms with Crippen LogP contribution in [0.2, 0.25) is 0 Å². The van der Waals surface area contributed by atoms with E-state index in [-0.39, 0.29) is 5.92 Å². The van der Waals surface area contributed by atoms with Crippen LogP contribution in [0.3, 0.4) is 0 Å². The highest BCUT2D eigenvalue weighted by Gasteiger charge is 2.32. The first kappa shape index (κ1) is 9.69. The topological polar surface area (TPSA) is 75.0 Å². The number of aromatic nitrogens is 2. The standard InChI is InChI=1S/C11H16N4O/c12-10-8-6-15(5-4-9(8)13-14-10)11(16)7-2-1-3-7/h7H,1-6H2,(H3,12,13,14). The van der Waals surface area contributed by atoms with Gasteiger partial charge in [-0.15, -0.1) is 0 Å². The Morgan fingerprint density at radius 1 is 1.50 bits per heavy atom. The van der Waals surface area contributed by atoms with Gasteiger partial charge in [-0.3, -0.25) is 9.89 Å². The lowest BCUT2D eigenvalue weighted by Crippen LogP contribution is -2.41. The number of hydrogen-bond acceptors (Lipinski definition) is 3. The fourth-order valence-corrected chi connectivity index (χ4v) is 2.42. The first-order valence-electron chi connectivity index (χ1n) is 5.86. The Kier molecular flexibility index (Phi) is 2.12. The van der Waals surface area contributed by atoms with E-state index in [0.29, 0.717) is 18.3 Å². The van der Waals surface area contributed by atoms with Crippen LogP contribution >= 0.6 is 0 Å². The molecule has 0 aromatic carbocycles. The van der Waals surface area contributed by atoms with Crippen LogP contribution in [0.4, 0.5) is 5.82 Å². The molecule has 16 heavy (non-hydrogen) atoms. The van der Waals surface area contributed by atoms with Gasteiger partial charge < -0.3 is 10.6 Å². The van der Waals surface area contributed by atoms with E-state index in [0.717, 1.165) is 37.1 Å². The van der Waals surface area contributed by atoms with Crippen LogP contribution in [0.25, 0.3) is 0 Å². The molecule has 0 unspecified atom stereocenters. The Labute approximate surface area is 94.0 Å². The summed E-state index contributed by atoms with van der Waals surface area (Å²) in [5.41, 5.74) is 7.87. The van der Waals surface area contributed by atoms with Crippen LogP contribution in [0, 0.1) is 5.92 Å². The number of nitrogens with one attached hydrogen (secondary N) is 1. The average molecular weight is 220 g/mol. The minimum atomic E-state index is 0.273. The normalized spacial score (nSPS) is 20.4. The molecule has 2 aliphatic rings. The molecule has 5 nitrogen and oxygen atoms in total. The van der Waals surface area contributed by atoms with Crippen LogP contribution < -0.4 is 5.73 Å². The number of hydrogen-bond donors (Lipinski definition) is 2. The number of carbonyl (C=O) groups is 1. The molecule has 1 aliphatic carbocycles. The maximum absolute atomic E-state index is 12.1. The first-order valence-corrected chi connectivity index (χ1v) is 5.86. The minimum Gasteiger partial charge on any atom is -0.382 e. The van der Waals surface area contributed by atoms with Crippen molar-refractivity contribution in [3.8, 4) is 0 Å². The molecule has 1 fully saturated rings. The lowest BCUT2D eigenvalue weighted by Gasteiger charge is -2.33. The molecule has 1 saturated carbocycles. The quantitative estimate of drug-likeness (QED) is 0.730. The van der Waals surface area contributed by atoms with Gasteiger partial charge in [0.15, 0.2) is 0 Å². The number of nitrogens with zero attached hydrogens (tertiary/aromatic N) is 2. The molecule has 1 aromatic heterocycles. The smallest absolute Gasteiger partial charge is 0.225 e. The minimum absolute atomic E-state index is 0.273. The summed E-state index contributed by atoms with van der Waals surface area (Å²) in [5, 5.41) is 6.92. The molecule has 3 rings (SSSR count). The van der Waals surface area contributed by atoms with Crippen molar-refractivity contribution in [2.24, 2.45) is 5.92 Å². The summed E-state index contributed by atoms with van der Waals surface area (Å²) < 4.78 is 0. The van der Waals surface area contributed by atoms with Crippen LogP contribution in [-0.2, 0) is 17.8 Å². The molecule has 0 saturated heterocycles. The Hall–Kier alpha value is -1.52. The van der Waals surface area contributed by atoms with Gasteiger partial charge in [0.2, 0.25) is 5.91 Å². The molecule has 0 radical (unpaired) electrons. The van der Waals surface area contributed by atoms with E-state index >= 15 is 0 Å². The fourth-order valence-electron chi connectivity index (χ4n) is 2.42. The maximum atomic E-state index is 12.1. The van der Waals surface area contributed by atoms with Gasteiger partial charge in [0.1, 0.15) is 5.82 Å². The van der Waals surface area contributed by atoms with E-state index in [1.807, 2.05) is 4.90 Å². The number of amides is 1. The zero-order valence-electron chi connectivity index (χ0n) is 9.20. The number of nitrogens with two attached hydrogens (primary N) is 1. The van der Waals surface area contributed by atoms with Gasteiger partial charge >= 0.3 is 0 Å². The fraction of sp³-hybridized carbons (Fsp3) is 0.636. The summed E-state index contributed by atoms with van der Waals surface area (Å²) in [6.07, 6.45) is 4.16. The lowest BCUT2D eigenvalue weighted by atomic mass is 9.84. The van der Waals surface area contributed by atoms with Gasteiger partial charge in [0.25, 0.3) is 0 Å². The van der Waals surface area contributed by atoms with E-state index in [9.17, 15) is 4.79 Å². The van der Waals surface area contributed by atoms with Crippen LogP contribution in [0.5, 0.6) is 0 Å². The number of anilines is 1. The summed E-state index contributed by atoms with van der Waals surface area (Å²) in [4.78, 5) is 14.0. The van der Waals surface area contributed by atoms with Gasteiger partial charge in [-0.25, -0.2) is 0 Å². The molecule has 1 aliphatic heterocycles. The highest BCUT2D eigenvalue weighted by Crippen LogP contribution is 2.30. The second-order valence-electron chi connectivity index (χ2n) is 4.70. The van der Waals surface area contributed by atoms with Crippen molar-refractivity contribution in [3.63, 3.8) is 0 Å². The predicted molar refractivity (Wildman–Crippen MR) is 59.5 cm³/mol. The van der Waals surface area contributed by atoms with E-state index in [4.69, 9.17) is 5.73 Å². The highest BCUT2D eigenvalue weighted by molar-refractivity contribution is 5.80. The monoisotopic (exact) mass is 220 g/mol. The number of H-pyrrole nitrogens is 1. The van der Waals surface area contributed by atoms with Crippen molar-refractivity contribution >= 4 is 11.7 Å². The lowest BCUT2D eigenvalue weighted by molar-refractivity contribution is -0.139. The summed E-state index contributed by atoms with van der Waals surface area (Å²) in [6.45, 7) is 1.43. The van der Waals surface area contributed by atoms with Crippen molar-refractivity contribution < 1.29 is 4.79 Å². The molecule has 5 heteroatoms. The number of aromatic amines is 1. The third kappa shape index (κ3) is 1.38. The Morgan fingerprint density at radius 3 is 3.00 bits per heavy atom. The average Bonchev–Trinajstić information content (AvgIpc) is 2.57. The number of rotatable bonds is 1. The largest absolute Gasteiger partial charge is 0.382 e.